The molecule has 48 heavy (non-hydrogen) atoms. The van der Waals surface area contributed by atoms with Crippen LogP contribution in [0, 0.1) is 6.92 Å². The molecule has 0 aromatic heterocycles. The lowest BCUT2D eigenvalue weighted by atomic mass is 9.43. The number of rotatable bonds is 2. The standard InChI is InChI=1S/C43H29BN2OS/c1-28-26-32-31-18-12-25-40-42(31)46(35-21-9-11-24-39(35)48(40,29-14-4-2-5-15-29)30-16-6-3-7-17-30)44-33-19-13-23-38-43(33)45(36(27-28)41(32)44)34-20-8-10-22-37(34)47-38/h2-27H,1H3. The van der Waals surface area contributed by atoms with Crippen LogP contribution in [0.2, 0.25) is 0 Å². The molecule has 0 N–H and O–H groups in total. The van der Waals surface area contributed by atoms with Crippen LogP contribution in [0.15, 0.2) is 177 Å². The van der Waals surface area contributed by atoms with Gasteiger partial charge >= 0.3 is 6.85 Å². The summed E-state index contributed by atoms with van der Waals surface area (Å²) in [6.45, 7) is 2.20. The molecule has 4 aliphatic heterocycles. The lowest BCUT2D eigenvalue weighted by molar-refractivity contribution is 0.477. The molecule has 7 aromatic carbocycles. The fraction of sp³-hybridized carbons (Fsp3) is 0.0233. The van der Waals surface area contributed by atoms with Crippen molar-refractivity contribution in [2.45, 2.75) is 26.5 Å². The van der Waals surface area contributed by atoms with Gasteiger partial charge in [0.05, 0.1) is 17.1 Å². The third kappa shape index (κ3) is 3.17. The number of hydrogen-bond donors (Lipinski definition) is 0. The van der Waals surface area contributed by atoms with Gasteiger partial charge in [-0.2, -0.15) is 0 Å². The number of benzene rings is 7. The molecule has 0 bridgehead atoms. The van der Waals surface area contributed by atoms with Gasteiger partial charge in [-0.05, 0) is 95.7 Å². The number of ether oxygens (including phenoxy) is 1. The first kappa shape index (κ1) is 26.4. The van der Waals surface area contributed by atoms with Crippen molar-refractivity contribution in [1.29, 1.82) is 0 Å². The SMILES string of the molecule is Cc1cc2c3c(c1)N1c4ccccc4Oc4cccc(c41)B3N1c3ccccc3S(c3ccccc3)(c3ccccc3)c3cccc-2c31. The van der Waals surface area contributed by atoms with E-state index in [1.807, 2.05) is 0 Å². The summed E-state index contributed by atoms with van der Waals surface area (Å²) in [6, 6.07) is 58.5. The Balaban J connectivity index is 1.32. The van der Waals surface area contributed by atoms with Crippen molar-refractivity contribution in [2.75, 3.05) is 9.71 Å². The van der Waals surface area contributed by atoms with Gasteiger partial charge in [-0.15, -0.1) is 10.0 Å². The minimum Gasteiger partial charge on any atom is -0.453 e. The molecule has 11 rings (SSSR count). The molecule has 0 saturated heterocycles. The van der Waals surface area contributed by atoms with Crippen LogP contribution in [-0.2, 0) is 0 Å². The average molecular weight is 633 g/mol. The van der Waals surface area contributed by atoms with E-state index in [0.717, 1.165) is 22.9 Å². The molecule has 5 heteroatoms. The van der Waals surface area contributed by atoms with E-state index in [4.69, 9.17) is 4.74 Å². The molecule has 0 saturated carbocycles. The van der Waals surface area contributed by atoms with Crippen LogP contribution in [0.1, 0.15) is 5.56 Å². The molecule has 0 radical (unpaired) electrons. The van der Waals surface area contributed by atoms with Crippen LogP contribution >= 0.6 is 10.0 Å². The summed E-state index contributed by atoms with van der Waals surface area (Å²) in [5.74, 6) is 1.79. The van der Waals surface area contributed by atoms with Gasteiger partial charge in [0.1, 0.15) is 0 Å². The molecule has 0 amide bonds. The first-order chi connectivity index (χ1) is 23.7. The van der Waals surface area contributed by atoms with Gasteiger partial charge in [0.15, 0.2) is 11.5 Å². The highest BCUT2D eigenvalue weighted by Crippen LogP contribution is 2.80. The molecular weight excluding hydrogens is 603 g/mol. The van der Waals surface area contributed by atoms with Gasteiger partial charge in [-0.25, -0.2) is 0 Å². The zero-order chi connectivity index (χ0) is 31.6. The summed E-state index contributed by atoms with van der Waals surface area (Å²) in [5, 5.41) is 0. The molecular formula is C43H29BN2OS. The van der Waals surface area contributed by atoms with E-state index in [2.05, 4.69) is 174 Å². The molecule has 0 fully saturated rings. The van der Waals surface area contributed by atoms with E-state index < -0.39 is 10.0 Å². The summed E-state index contributed by atoms with van der Waals surface area (Å²) < 4.78 is 6.65. The minimum absolute atomic E-state index is 0.0330. The van der Waals surface area contributed by atoms with Crippen LogP contribution in [0.25, 0.3) is 11.1 Å². The Morgan fingerprint density at radius 1 is 0.521 bits per heavy atom. The largest absolute Gasteiger partial charge is 0.453 e. The van der Waals surface area contributed by atoms with Gasteiger partial charge in [-0.3, -0.25) is 0 Å². The Morgan fingerprint density at radius 3 is 1.96 bits per heavy atom. The fourth-order valence-corrected chi connectivity index (χ4v) is 12.9. The van der Waals surface area contributed by atoms with Crippen molar-refractivity contribution >= 4 is 56.2 Å². The Labute approximate surface area is 282 Å². The van der Waals surface area contributed by atoms with E-state index in [-0.39, 0.29) is 6.85 Å². The monoisotopic (exact) mass is 632 g/mol. The van der Waals surface area contributed by atoms with E-state index in [9.17, 15) is 0 Å². The van der Waals surface area contributed by atoms with Crippen molar-refractivity contribution in [2.24, 2.45) is 0 Å². The summed E-state index contributed by atoms with van der Waals surface area (Å²) in [5.41, 5.74) is 12.5. The first-order valence-corrected chi connectivity index (χ1v) is 18.2. The van der Waals surface area contributed by atoms with Crippen LogP contribution in [-0.4, -0.2) is 6.85 Å². The third-order valence-electron chi connectivity index (χ3n) is 10.5. The van der Waals surface area contributed by atoms with Crippen LogP contribution in [0.3, 0.4) is 0 Å². The second-order valence-corrected chi connectivity index (χ2v) is 16.0. The predicted octanol–water partition coefficient (Wildman–Crippen LogP) is 10.5. The Hall–Kier alpha value is -5.65. The van der Waals surface area contributed by atoms with Crippen LogP contribution < -0.4 is 25.4 Å². The van der Waals surface area contributed by atoms with Crippen LogP contribution in [0.5, 0.6) is 11.5 Å². The van der Waals surface area contributed by atoms with Gasteiger partial charge in [-0.1, -0.05) is 91.0 Å². The summed E-state index contributed by atoms with van der Waals surface area (Å²) in [6.07, 6.45) is 0. The number of aryl methyl sites for hydroxylation is 1. The highest BCUT2D eigenvalue weighted by Gasteiger charge is 2.52. The lowest BCUT2D eigenvalue weighted by Crippen LogP contribution is -2.62. The molecule has 3 nitrogen and oxygen atoms in total. The van der Waals surface area contributed by atoms with Gasteiger partial charge in [0, 0.05) is 36.5 Å². The predicted molar refractivity (Wildman–Crippen MR) is 199 cm³/mol. The van der Waals surface area contributed by atoms with Crippen molar-refractivity contribution in [3.05, 3.63) is 163 Å². The molecule has 0 atom stereocenters. The Bertz CT molecular complexity index is 2440. The van der Waals surface area contributed by atoms with Crippen LogP contribution in [0.4, 0.5) is 28.4 Å². The van der Waals surface area contributed by atoms with Crippen molar-refractivity contribution in [1.82, 2.24) is 0 Å². The number of hydrogen-bond acceptors (Lipinski definition) is 3. The molecule has 0 unspecified atom stereocenters. The number of anilines is 5. The number of para-hydroxylation sites is 5. The van der Waals surface area contributed by atoms with E-state index in [1.165, 1.54) is 64.3 Å². The maximum Gasteiger partial charge on any atom is 0.333 e. The average Bonchev–Trinajstić information content (AvgIpc) is 3.14. The molecule has 4 heterocycles. The fourth-order valence-electron chi connectivity index (χ4n) is 8.75. The quantitative estimate of drug-likeness (QED) is 0.176. The summed E-state index contributed by atoms with van der Waals surface area (Å²) >= 11 is 0. The minimum atomic E-state index is -1.85. The topological polar surface area (TPSA) is 15.7 Å². The molecule has 4 aliphatic rings. The lowest BCUT2D eigenvalue weighted by Gasteiger charge is -2.55. The maximum atomic E-state index is 6.65. The normalized spacial score (nSPS) is 15.6. The Morgan fingerprint density at radius 2 is 1.17 bits per heavy atom. The number of nitrogens with zero attached hydrogens (tertiary/aromatic N) is 2. The van der Waals surface area contributed by atoms with E-state index in [0.29, 0.717) is 0 Å². The van der Waals surface area contributed by atoms with Gasteiger partial charge < -0.3 is 14.4 Å². The summed E-state index contributed by atoms with van der Waals surface area (Å²) in [7, 11) is -1.85. The Kier molecular flexibility index (Phi) is 5.21. The zero-order valence-corrected chi connectivity index (χ0v) is 27.1. The summed E-state index contributed by atoms with van der Waals surface area (Å²) in [4.78, 5) is 10.6. The van der Waals surface area contributed by atoms with Crippen molar-refractivity contribution in [3.63, 3.8) is 0 Å². The second kappa shape index (κ2) is 9.46. The van der Waals surface area contributed by atoms with Gasteiger partial charge in [0.2, 0.25) is 0 Å². The van der Waals surface area contributed by atoms with Gasteiger partial charge in [0.25, 0.3) is 0 Å². The first-order valence-electron chi connectivity index (χ1n) is 16.5. The molecule has 0 aliphatic carbocycles. The zero-order valence-electron chi connectivity index (χ0n) is 26.3. The van der Waals surface area contributed by atoms with E-state index >= 15 is 0 Å². The molecule has 226 valence electrons. The smallest absolute Gasteiger partial charge is 0.333 e. The maximum absolute atomic E-state index is 6.65. The van der Waals surface area contributed by atoms with E-state index in [1.54, 1.807) is 0 Å². The second-order valence-electron chi connectivity index (χ2n) is 13.0. The highest BCUT2D eigenvalue weighted by molar-refractivity contribution is 8.34. The highest BCUT2D eigenvalue weighted by atomic mass is 32.3. The molecule has 0 spiro atoms. The third-order valence-corrected chi connectivity index (χ3v) is 14.4. The number of fused-ring (bicyclic) bond motifs is 8. The molecule has 7 aromatic rings. The van der Waals surface area contributed by atoms with Crippen molar-refractivity contribution in [3.8, 4) is 22.6 Å². The van der Waals surface area contributed by atoms with Crippen molar-refractivity contribution < 1.29 is 4.74 Å².